The summed E-state index contributed by atoms with van der Waals surface area (Å²) in [6.07, 6.45) is -4.23. The van der Waals surface area contributed by atoms with Crippen molar-refractivity contribution in [2.45, 2.75) is 63.7 Å². The number of aliphatic carboxylic acids is 2. The van der Waals surface area contributed by atoms with Crippen LogP contribution in [0.25, 0.3) is 33.4 Å². The fourth-order valence-corrected chi connectivity index (χ4v) is 5.46. The number of alkyl halides is 6. The fourth-order valence-electron chi connectivity index (χ4n) is 5.46. The second-order valence-electron chi connectivity index (χ2n) is 12.3. The van der Waals surface area contributed by atoms with Crippen molar-refractivity contribution in [1.29, 1.82) is 0 Å². The van der Waals surface area contributed by atoms with E-state index in [-0.39, 0.29) is 11.6 Å². The third-order valence-corrected chi connectivity index (χ3v) is 8.10. The Labute approximate surface area is 310 Å². The lowest BCUT2D eigenvalue weighted by atomic mass is 9.88. The molecule has 7 N–H and O–H groups in total. The van der Waals surface area contributed by atoms with E-state index in [1.54, 1.807) is 12.1 Å². The first kappa shape index (κ1) is 43.4. The third kappa shape index (κ3) is 13.1. The van der Waals surface area contributed by atoms with Crippen LogP contribution in [-0.4, -0.2) is 35.9 Å². The molecule has 5 rings (SSSR count). The zero-order valence-corrected chi connectivity index (χ0v) is 29.2. The molecule has 1 heterocycles. The van der Waals surface area contributed by atoms with Crippen molar-refractivity contribution in [2.75, 3.05) is 5.73 Å². The van der Waals surface area contributed by atoms with Crippen molar-refractivity contribution < 1.29 is 71.3 Å². The summed E-state index contributed by atoms with van der Waals surface area (Å²) in [4.78, 5) is 43.4. The number of ketones is 2. The van der Waals surface area contributed by atoms with Gasteiger partial charge in [0.15, 0.2) is 11.1 Å². The maximum Gasteiger partial charge on any atom is 0.430 e. The highest BCUT2D eigenvalue weighted by molar-refractivity contribution is 6.10. The molecule has 3 aromatic rings. The number of fused-ring (bicyclic) bond motifs is 2. The predicted octanol–water partition coefficient (Wildman–Crippen LogP) is 3.64. The van der Waals surface area contributed by atoms with Crippen molar-refractivity contribution in [3.05, 3.63) is 101 Å². The van der Waals surface area contributed by atoms with Crippen molar-refractivity contribution in [3.8, 4) is 22.5 Å². The van der Waals surface area contributed by atoms with Gasteiger partial charge in [0, 0.05) is 64.7 Å². The van der Waals surface area contributed by atoms with Gasteiger partial charge < -0.3 is 35.7 Å². The van der Waals surface area contributed by atoms with Gasteiger partial charge in [0.05, 0.1) is 6.07 Å². The standard InChI is InChI=1S/C35H35N3O3.2C2HF3O2/c36-24-16-18-29-33(21-24)41-34-22-25(37)17-19-30(34)35(29)28-13-8-7-12-27(28)32(40)15-5-3-1-2-4-11-26(39)20-23-10-6-9-14-31(23)38;2*3-2(4,5)1(6)7/h6-10,12-14,16-19,21-22,36H,1-5,11,15,20,37-38H2;2*(H,6,7). The number of nitrogens with two attached hydrogens (primary N) is 2. The Morgan fingerprint density at radius 3 is 1.89 bits per heavy atom. The van der Waals surface area contributed by atoms with Crippen molar-refractivity contribution >= 4 is 45.8 Å². The van der Waals surface area contributed by atoms with E-state index in [2.05, 4.69) is 5.73 Å². The molecule has 0 bridgehead atoms. The largest absolute Gasteiger partial charge is 0.542 e. The zero-order valence-electron chi connectivity index (χ0n) is 29.2. The number of unbranched alkanes of at least 4 members (excludes halogenated alkanes) is 4. The molecule has 0 fully saturated rings. The smallest absolute Gasteiger partial charge is 0.430 e. The van der Waals surface area contributed by atoms with E-state index in [1.807, 2.05) is 72.8 Å². The molecule has 0 saturated heterocycles. The van der Waals surface area contributed by atoms with Gasteiger partial charge in [-0.25, -0.2) is 0 Å². The topological polar surface area (TPSA) is 207 Å². The first-order valence-electron chi connectivity index (χ1n) is 16.7. The van der Waals surface area contributed by atoms with Gasteiger partial charge in [-0.2, -0.15) is 26.3 Å². The molecular weight excluding hydrogens is 736 g/mol. The van der Waals surface area contributed by atoms with E-state index >= 15 is 0 Å². The van der Waals surface area contributed by atoms with E-state index in [1.165, 1.54) is 0 Å². The normalized spacial score (nSPS) is 11.3. The number of hydrogen-bond donors (Lipinski definition) is 3. The first-order valence-corrected chi connectivity index (χ1v) is 16.7. The number of carbonyl (C=O) groups is 4. The minimum Gasteiger partial charge on any atom is -0.542 e. The number of carboxylic acid groups (broad SMARTS) is 2. The number of nitrogen functional groups attached to an aromatic ring is 1. The highest BCUT2D eigenvalue weighted by Gasteiger charge is 2.29. The van der Waals surface area contributed by atoms with Gasteiger partial charge in [0.2, 0.25) is 0 Å². The highest BCUT2D eigenvalue weighted by atomic mass is 19.4. The lowest BCUT2D eigenvalue weighted by Crippen LogP contribution is -2.44. The molecule has 10 nitrogen and oxygen atoms in total. The van der Waals surface area contributed by atoms with Crippen LogP contribution in [0.3, 0.4) is 0 Å². The maximum absolute atomic E-state index is 13.5. The summed E-state index contributed by atoms with van der Waals surface area (Å²) in [5.41, 5.74) is 16.7. The SMILES string of the molecule is Nc1ccc2c(-c3ccccc3C(=O)CCCCCCCC(=O)Cc3ccccc3[NH3+])c3ccc(=[NH2+])cc-3oc2c1.O=C([O-])C(F)(F)F.O=C([O-])C(F)(F)F. The minimum absolute atomic E-state index is 0.121. The molecule has 1 aliphatic heterocycles. The molecule has 0 saturated carbocycles. The molecule has 0 atom stereocenters. The van der Waals surface area contributed by atoms with Crippen LogP contribution >= 0.6 is 0 Å². The van der Waals surface area contributed by atoms with Crippen molar-refractivity contribution in [1.82, 2.24) is 0 Å². The van der Waals surface area contributed by atoms with E-state index in [0.29, 0.717) is 47.2 Å². The lowest BCUT2D eigenvalue weighted by molar-refractivity contribution is -0.344. The van der Waals surface area contributed by atoms with Gasteiger partial charge in [0.25, 0.3) is 0 Å². The summed E-state index contributed by atoms with van der Waals surface area (Å²) in [5, 5.41) is 25.1. The molecule has 3 aromatic carbocycles. The van der Waals surface area contributed by atoms with Gasteiger partial charge in [0.1, 0.15) is 34.8 Å². The third-order valence-electron chi connectivity index (χ3n) is 8.10. The Morgan fingerprint density at radius 2 is 1.27 bits per heavy atom. The van der Waals surface area contributed by atoms with Crippen LogP contribution in [0.2, 0.25) is 0 Å². The Hall–Kier alpha value is -6.03. The number of Topliss-reactive ketones (excluding diaryl/α,β-unsaturated/α-hetero) is 2. The highest BCUT2D eigenvalue weighted by Crippen LogP contribution is 2.41. The molecular formula is C39H37F6N3O7. The molecule has 292 valence electrons. The van der Waals surface area contributed by atoms with Crippen LogP contribution in [0.5, 0.6) is 0 Å². The van der Waals surface area contributed by atoms with Gasteiger partial charge in [-0.3, -0.25) is 15.0 Å². The summed E-state index contributed by atoms with van der Waals surface area (Å²) in [5.74, 6) is -4.99. The van der Waals surface area contributed by atoms with Gasteiger partial charge in [-0.15, -0.1) is 0 Å². The quantitative estimate of drug-likeness (QED) is 0.0560. The van der Waals surface area contributed by atoms with E-state index in [9.17, 15) is 35.9 Å². The van der Waals surface area contributed by atoms with Crippen LogP contribution in [0, 0.1) is 0 Å². The van der Waals surface area contributed by atoms with Crippen molar-refractivity contribution in [3.63, 3.8) is 0 Å². The minimum atomic E-state index is -5.19. The van der Waals surface area contributed by atoms with Gasteiger partial charge in [-0.1, -0.05) is 61.7 Å². The Bertz CT molecular complexity index is 2140. The van der Waals surface area contributed by atoms with Crippen molar-refractivity contribution in [2.24, 2.45) is 0 Å². The molecule has 0 unspecified atom stereocenters. The van der Waals surface area contributed by atoms with Gasteiger partial charge in [-0.05, 0) is 42.7 Å². The van der Waals surface area contributed by atoms with E-state index < -0.39 is 24.3 Å². The first-order chi connectivity index (χ1) is 25.8. The average molecular weight is 774 g/mol. The lowest BCUT2D eigenvalue weighted by Gasteiger charge is -2.17. The number of anilines is 1. The summed E-state index contributed by atoms with van der Waals surface area (Å²) in [6.45, 7) is 0. The number of rotatable bonds is 12. The number of hydrogen-bond acceptors (Lipinski definition) is 8. The molecule has 1 aliphatic carbocycles. The van der Waals surface area contributed by atoms with Crippen LogP contribution < -0.4 is 32.4 Å². The number of benzene rings is 4. The van der Waals surface area contributed by atoms with Crippen LogP contribution in [0.1, 0.15) is 60.9 Å². The summed E-state index contributed by atoms with van der Waals surface area (Å²) < 4.78 is 69.3. The number of halogens is 6. The molecule has 0 radical (unpaired) electrons. The molecule has 2 aliphatic rings. The Kier molecular flexibility index (Phi) is 15.3. The Balaban J connectivity index is 0.000000494. The molecule has 0 aromatic heterocycles. The fraction of sp³-hybridized carbons (Fsp3) is 0.256. The van der Waals surface area contributed by atoms with Crippen LogP contribution in [0.4, 0.5) is 37.7 Å². The Morgan fingerprint density at radius 1 is 0.709 bits per heavy atom. The second-order valence-corrected chi connectivity index (χ2v) is 12.3. The van der Waals surface area contributed by atoms with Crippen LogP contribution in [-0.2, 0) is 20.8 Å². The monoisotopic (exact) mass is 773 g/mol. The number of carbonyl (C=O) groups excluding carboxylic acids is 4. The second kappa shape index (κ2) is 19.3. The van der Waals surface area contributed by atoms with Gasteiger partial charge >= 0.3 is 12.4 Å². The molecule has 0 amide bonds. The van der Waals surface area contributed by atoms with E-state index in [4.69, 9.17) is 35.4 Å². The summed E-state index contributed by atoms with van der Waals surface area (Å²) in [7, 11) is 0. The predicted molar refractivity (Wildman–Crippen MR) is 184 cm³/mol. The summed E-state index contributed by atoms with van der Waals surface area (Å²) >= 11 is 0. The molecule has 0 spiro atoms. The molecule has 55 heavy (non-hydrogen) atoms. The van der Waals surface area contributed by atoms with Crippen LogP contribution in [0.15, 0.2) is 89.3 Å². The van der Waals surface area contributed by atoms with E-state index in [0.717, 1.165) is 65.4 Å². The summed E-state index contributed by atoms with van der Waals surface area (Å²) in [6, 6.07) is 26.8. The molecule has 16 heteroatoms. The zero-order chi connectivity index (χ0) is 40.9. The number of quaternary nitrogens is 1. The number of carboxylic acids is 2. The average Bonchev–Trinajstić information content (AvgIpc) is 3.10. The maximum atomic E-state index is 13.5.